The Hall–Kier alpha value is -0.700. The number of piperidine rings is 1. The van der Waals surface area contributed by atoms with E-state index in [4.69, 9.17) is 4.74 Å². The number of aliphatic carboxylic acids is 1. The Kier molecular flexibility index (Phi) is 4.44. The van der Waals surface area contributed by atoms with Gasteiger partial charge in [-0.05, 0) is 26.2 Å². The topological polar surface area (TPSA) is 87.2 Å². The molecule has 0 unspecified atom stereocenters. The first kappa shape index (κ1) is 14.7. The Balaban J connectivity index is 2.23. The monoisotopic (exact) mass is 292 g/mol. The molecule has 19 heavy (non-hydrogen) atoms. The summed E-state index contributed by atoms with van der Waals surface area (Å²) in [4.78, 5) is 11.2. The Labute approximate surface area is 113 Å². The SMILES string of the molecule is C[C@H]1COCCN1S(=O)(=O)N1CCCC[C@H]1C(=O)O. The fourth-order valence-corrected chi connectivity index (χ4v) is 4.58. The number of carbonyl (C=O) groups is 1. The minimum Gasteiger partial charge on any atom is -0.480 e. The van der Waals surface area contributed by atoms with Gasteiger partial charge in [0.2, 0.25) is 0 Å². The van der Waals surface area contributed by atoms with Gasteiger partial charge in [0.15, 0.2) is 0 Å². The predicted octanol–water partition coefficient (Wildman–Crippen LogP) is -0.109. The van der Waals surface area contributed by atoms with Crippen LogP contribution in [0.3, 0.4) is 0 Å². The van der Waals surface area contributed by atoms with Crippen LogP contribution in [-0.4, -0.2) is 66.5 Å². The summed E-state index contributed by atoms with van der Waals surface area (Å²) in [7, 11) is -3.72. The molecule has 0 amide bonds. The van der Waals surface area contributed by atoms with Crippen LogP contribution < -0.4 is 0 Å². The minimum absolute atomic E-state index is 0.255. The molecule has 110 valence electrons. The van der Waals surface area contributed by atoms with E-state index in [1.165, 1.54) is 4.31 Å². The average Bonchev–Trinajstić information content (AvgIpc) is 2.39. The van der Waals surface area contributed by atoms with Gasteiger partial charge in [-0.1, -0.05) is 0 Å². The fourth-order valence-electron chi connectivity index (χ4n) is 2.62. The summed E-state index contributed by atoms with van der Waals surface area (Å²) in [6.45, 7) is 3.05. The zero-order valence-electron chi connectivity index (χ0n) is 11.0. The summed E-state index contributed by atoms with van der Waals surface area (Å²) in [5.41, 5.74) is 0. The summed E-state index contributed by atoms with van der Waals surface area (Å²) in [6, 6.07) is -1.19. The van der Waals surface area contributed by atoms with Crippen LogP contribution in [0.4, 0.5) is 0 Å². The third kappa shape index (κ3) is 2.91. The van der Waals surface area contributed by atoms with E-state index in [0.29, 0.717) is 26.1 Å². The second kappa shape index (κ2) is 5.74. The minimum atomic E-state index is -3.72. The van der Waals surface area contributed by atoms with Crippen molar-refractivity contribution in [2.75, 3.05) is 26.3 Å². The van der Waals surface area contributed by atoms with Gasteiger partial charge in [0.1, 0.15) is 6.04 Å². The van der Waals surface area contributed by atoms with Crippen molar-refractivity contribution in [3.8, 4) is 0 Å². The highest BCUT2D eigenvalue weighted by atomic mass is 32.2. The van der Waals surface area contributed by atoms with E-state index in [1.807, 2.05) is 0 Å². The van der Waals surface area contributed by atoms with E-state index in [1.54, 1.807) is 6.92 Å². The second-order valence-corrected chi connectivity index (χ2v) is 6.84. The van der Waals surface area contributed by atoms with Gasteiger partial charge in [-0.15, -0.1) is 0 Å². The Morgan fingerprint density at radius 2 is 2.00 bits per heavy atom. The van der Waals surface area contributed by atoms with E-state index < -0.39 is 22.2 Å². The summed E-state index contributed by atoms with van der Waals surface area (Å²) in [5, 5.41) is 9.19. The lowest BCUT2D eigenvalue weighted by atomic mass is 10.1. The van der Waals surface area contributed by atoms with E-state index in [9.17, 15) is 18.3 Å². The zero-order chi connectivity index (χ0) is 14.0. The largest absolute Gasteiger partial charge is 0.480 e. The summed E-state index contributed by atoms with van der Waals surface area (Å²) < 4.78 is 32.9. The first-order chi connectivity index (χ1) is 8.94. The molecule has 2 heterocycles. The first-order valence-corrected chi connectivity index (χ1v) is 7.93. The molecular formula is C11H20N2O5S. The highest BCUT2D eigenvalue weighted by Crippen LogP contribution is 2.25. The second-order valence-electron chi connectivity index (χ2n) is 5.00. The van der Waals surface area contributed by atoms with Gasteiger partial charge >= 0.3 is 5.97 Å². The third-order valence-electron chi connectivity index (χ3n) is 3.64. The molecule has 0 aromatic carbocycles. The molecule has 2 saturated heterocycles. The van der Waals surface area contributed by atoms with Gasteiger partial charge in [-0.3, -0.25) is 4.79 Å². The molecule has 0 aromatic rings. The molecule has 0 radical (unpaired) electrons. The van der Waals surface area contributed by atoms with Crippen molar-refractivity contribution in [2.45, 2.75) is 38.3 Å². The average molecular weight is 292 g/mol. The molecule has 8 heteroatoms. The van der Waals surface area contributed by atoms with E-state index in [-0.39, 0.29) is 19.1 Å². The van der Waals surface area contributed by atoms with Crippen LogP contribution in [0.15, 0.2) is 0 Å². The van der Waals surface area contributed by atoms with Crippen LogP contribution >= 0.6 is 0 Å². The van der Waals surface area contributed by atoms with Crippen molar-refractivity contribution < 1.29 is 23.1 Å². The molecule has 0 bridgehead atoms. The van der Waals surface area contributed by atoms with Gasteiger partial charge in [0.05, 0.1) is 13.2 Å². The fraction of sp³-hybridized carbons (Fsp3) is 0.909. The van der Waals surface area contributed by atoms with Crippen molar-refractivity contribution in [2.24, 2.45) is 0 Å². The number of hydrogen-bond acceptors (Lipinski definition) is 4. The van der Waals surface area contributed by atoms with Crippen molar-refractivity contribution in [3.63, 3.8) is 0 Å². The van der Waals surface area contributed by atoms with Gasteiger partial charge < -0.3 is 9.84 Å². The number of carboxylic acids is 1. The number of hydrogen-bond donors (Lipinski definition) is 1. The lowest BCUT2D eigenvalue weighted by molar-refractivity contribution is -0.142. The normalized spacial score (nSPS) is 31.2. The van der Waals surface area contributed by atoms with E-state index >= 15 is 0 Å². The van der Waals surface area contributed by atoms with Crippen molar-refractivity contribution in [1.82, 2.24) is 8.61 Å². The molecule has 1 N–H and O–H groups in total. The maximum absolute atomic E-state index is 12.6. The molecule has 2 atom stereocenters. The van der Waals surface area contributed by atoms with Crippen LogP contribution in [0, 0.1) is 0 Å². The molecule has 0 aliphatic carbocycles. The van der Waals surface area contributed by atoms with Crippen molar-refractivity contribution >= 4 is 16.2 Å². The van der Waals surface area contributed by atoms with Gasteiger partial charge in [0.25, 0.3) is 10.2 Å². The lowest BCUT2D eigenvalue weighted by Gasteiger charge is -2.39. The van der Waals surface area contributed by atoms with E-state index in [2.05, 4.69) is 0 Å². The van der Waals surface area contributed by atoms with Crippen LogP contribution in [0.25, 0.3) is 0 Å². The number of nitrogens with zero attached hydrogens (tertiary/aromatic N) is 2. The Morgan fingerprint density at radius 1 is 1.26 bits per heavy atom. The molecule has 2 fully saturated rings. The summed E-state index contributed by atoms with van der Waals surface area (Å²) >= 11 is 0. The highest BCUT2D eigenvalue weighted by Gasteiger charge is 2.42. The first-order valence-electron chi connectivity index (χ1n) is 6.53. The predicted molar refractivity (Wildman–Crippen MR) is 67.9 cm³/mol. The van der Waals surface area contributed by atoms with Crippen LogP contribution in [0.5, 0.6) is 0 Å². The molecule has 2 rings (SSSR count). The van der Waals surface area contributed by atoms with Crippen LogP contribution in [0.2, 0.25) is 0 Å². The maximum Gasteiger partial charge on any atom is 0.322 e. The third-order valence-corrected chi connectivity index (χ3v) is 5.80. The summed E-state index contributed by atoms with van der Waals surface area (Å²) in [5.74, 6) is -1.07. The number of rotatable bonds is 3. The molecule has 0 spiro atoms. The zero-order valence-corrected chi connectivity index (χ0v) is 11.8. The van der Waals surface area contributed by atoms with E-state index in [0.717, 1.165) is 10.7 Å². The van der Waals surface area contributed by atoms with Gasteiger partial charge in [0, 0.05) is 19.1 Å². The maximum atomic E-state index is 12.6. The quantitative estimate of drug-likeness (QED) is 0.784. The molecule has 0 aromatic heterocycles. The van der Waals surface area contributed by atoms with Crippen molar-refractivity contribution in [3.05, 3.63) is 0 Å². The number of ether oxygens (including phenoxy) is 1. The molecule has 0 saturated carbocycles. The lowest BCUT2D eigenvalue weighted by Crippen LogP contribution is -2.57. The number of carboxylic acid groups (broad SMARTS) is 1. The standard InChI is InChI=1S/C11H20N2O5S/c1-9-8-18-7-6-12(9)19(16,17)13-5-3-2-4-10(13)11(14)15/h9-10H,2-8H2,1H3,(H,14,15)/t9-,10-/m0/s1. The highest BCUT2D eigenvalue weighted by molar-refractivity contribution is 7.86. The van der Waals surface area contributed by atoms with Crippen molar-refractivity contribution in [1.29, 1.82) is 0 Å². The van der Waals surface area contributed by atoms with Crippen LogP contribution in [0.1, 0.15) is 26.2 Å². The molecule has 2 aliphatic heterocycles. The number of morpholine rings is 1. The Bertz CT molecular complexity index is 438. The Morgan fingerprint density at radius 3 is 2.63 bits per heavy atom. The molecule has 7 nitrogen and oxygen atoms in total. The van der Waals surface area contributed by atoms with Gasteiger partial charge in [-0.2, -0.15) is 17.0 Å². The summed E-state index contributed by atoms with van der Waals surface area (Å²) in [6.07, 6.45) is 1.84. The molecule has 2 aliphatic rings. The smallest absolute Gasteiger partial charge is 0.322 e. The van der Waals surface area contributed by atoms with Crippen LogP contribution in [-0.2, 0) is 19.7 Å². The molecular weight excluding hydrogens is 272 g/mol. The van der Waals surface area contributed by atoms with Gasteiger partial charge in [-0.25, -0.2) is 0 Å².